The van der Waals surface area contributed by atoms with Gasteiger partial charge in [-0.25, -0.2) is 0 Å². The van der Waals surface area contributed by atoms with Crippen molar-refractivity contribution in [3.05, 3.63) is 0 Å². The second kappa shape index (κ2) is 9.52. The van der Waals surface area contributed by atoms with E-state index in [2.05, 4.69) is 34.6 Å². The van der Waals surface area contributed by atoms with Crippen LogP contribution in [0.3, 0.4) is 0 Å². The number of hydrogen-bond donors (Lipinski definition) is 1. The zero-order valence-electron chi connectivity index (χ0n) is 18.1. The molecule has 0 unspecified atom stereocenters. The van der Waals surface area contributed by atoms with Gasteiger partial charge in [-0.2, -0.15) is 5.06 Å². The fourth-order valence-corrected chi connectivity index (χ4v) is 3.94. The maximum Gasteiger partial charge on any atom is 0.306 e. The van der Waals surface area contributed by atoms with Crippen molar-refractivity contribution in [2.24, 2.45) is 0 Å². The summed E-state index contributed by atoms with van der Waals surface area (Å²) < 4.78 is 5.79. The van der Waals surface area contributed by atoms with Crippen LogP contribution in [-0.2, 0) is 14.4 Å². The predicted molar refractivity (Wildman–Crippen MR) is 105 cm³/mol. The van der Waals surface area contributed by atoms with E-state index in [-0.39, 0.29) is 29.8 Å². The number of hydroxylamine groups is 2. The van der Waals surface area contributed by atoms with Crippen molar-refractivity contribution in [1.29, 1.82) is 0 Å². The van der Waals surface area contributed by atoms with Gasteiger partial charge in [-0.1, -0.05) is 32.6 Å². The molecule has 154 valence electrons. The van der Waals surface area contributed by atoms with Crippen LogP contribution in [0, 0.1) is 0 Å². The smallest absolute Gasteiger partial charge is 0.306 e. The third-order valence-corrected chi connectivity index (χ3v) is 4.88. The molecule has 0 saturated carbocycles. The molecule has 0 bridgehead atoms. The lowest BCUT2D eigenvalue weighted by Gasteiger charge is -2.53. The van der Waals surface area contributed by atoms with Crippen molar-refractivity contribution in [3.8, 4) is 0 Å². The molecule has 0 aromatic rings. The van der Waals surface area contributed by atoms with E-state index in [1.807, 2.05) is 5.06 Å². The first-order valence-electron chi connectivity index (χ1n) is 10.2. The van der Waals surface area contributed by atoms with Crippen LogP contribution in [0.2, 0.25) is 0 Å². The van der Waals surface area contributed by atoms with Crippen LogP contribution < -0.4 is 0 Å². The van der Waals surface area contributed by atoms with E-state index in [4.69, 9.17) is 9.57 Å². The third kappa shape index (κ3) is 7.93. The topological polar surface area (TPSA) is 59.0 Å². The SMILES string of the molecule is CCCCCCCC(=O)OC1CC(C)(C)N(OCC(C)(C)O)C(C)(C)C1. The fraction of sp³-hybridized carbons (Fsp3) is 0.952. The summed E-state index contributed by atoms with van der Waals surface area (Å²) in [6, 6.07) is 0. The molecule has 0 spiro atoms. The summed E-state index contributed by atoms with van der Waals surface area (Å²) in [7, 11) is 0. The highest BCUT2D eigenvalue weighted by molar-refractivity contribution is 5.69. The second-order valence-corrected chi connectivity index (χ2v) is 9.69. The molecule has 5 heteroatoms. The van der Waals surface area contributed by atoms with E-state index in [1.54, 1.807) is 13.8 Å². The third-order valence-electron chi connectivity index (χ3n) is 4.88. The van der Waals surface area contributed by atoms with E-state index in [9.17, 15) is 9.90 Å². The number of piperidine rings is 1. The summed E-state index contributed by atoms with van der Waals surface area (Å²) in [6.07, 6.45) is 7.53. The number of carbonyl (C=O) groups is 1. The Labute approximate surface area is 160 Å². The molecular weight excluding hydrogens is 330 g/mol. The summed E-state index contributed by atoms with van der Waals surface area (Å²) in [5, 5.41) is 12.0. The minimum absolute atomic E-state index is 0.0797. The summed E-state index contributed by atoms with van der Waals surface area (Å²) in [5.41, 5.74) is -1.44. The number of hydrogen-bond acceptors (Lipinski definition) is 5. The van der Waals surface area contributed by atoms with Crippen molar-refractivity contribution >= 4 is 5.97 Å². The fourth-order valence-electron chi connectivity index (χ4n) is 3.94. The Bertz CT molecular complexity index is 422. The van der Waals surface area contributed by atoms with Crippen LogP contribution in [-0.4, -0.2) is 45.5 Å². The molecule has 1 N–H and O–H groups in total. The molecule has 0 aromatic carbocycles. The van der Waals surface area contributed by atoms with Gasteiger partial charge in [0.1, 0.15) is 6.10 Å². The molecule has 5 nitrogen and oxygen atoms in total. The number of carbonyl (C=O) groups excluding carboxylic acids is 1. The van der Waals surface area contributed by atoms with Gasteiger partial charge >= 0.3 is 5.97 Å². The van der Waals surface area contributed by atoms with Crippen molar-refractivity contribution < 1.29 is 19.5 Å². The molecule has 1 heterocycles. The minimum atomic E-state index is -0.882. The lowest BCUT2D eigenvalue weighted by Crippen LogP contribution is -2.62. The second-order valence-electron chi connectivity index (χ2n) is 9.69. The molecule has 26 heavy (non-hydrogen) atoms. The number of esters is 1. The zero-order chi connectivity index (χ0) is 20.0. The number of rotatable bonds is 10. The highest BCUT2D eigenvalue weighted by Crippen LogP contribution is 2.40. The maximum absolute atomic E-state index is 12.2. The van der Waals surface area contributed by atoms with Crippen molar-refractivity contribution in [2.45, 2.75) is 123 Å². The Balaban J connectivity index is 2.56. The van der Waals surface area contributed by atoms with Crippen LogP contribution in [0.15, 0.2) is 0 Å². The molecule has 0 atom stereocenters. The van der Waals surface area contributed by atoms with Gasteiger partial charge in [0.25, 0.3) is 0 Å². The average molecular weight is 372 g/mol. The lowest BCUT2D eigenvalue weighted by atomic mass is 9.80. The van der Waals surface area contributed by atoms with Gasteiger partial charge in [0.2, 0.25) is 0 Å². The normalized spacial score (nSPS) is 20.9. The number of ether oxygens (including phenoxy) is 1. The minimum Gasteiger partial charge on any atom is -0.462 e. The quantitative estimate of drug-likeness (QED) is 0.449. The molecule has 0 radical (unpaired) electrons. The molecule has 1 aliphatic heterocycles. The Morgan fingerprint density at radius 3 is 2.12 bits per heavy atom. The standard InChI is InChI=1S/C21H41NO4/c1-8-9-10-11-12-13-18(23)26-17-14-19(2,3)22(20(4,5)15-17)25-16-21(6,7)24/h17,24H,8-16H2,1-7H3. The first kappa shape index (κ1) is 23.4. The van der Waals surface area contributed by atoms with Crippen LogP contribution in [0.25, 0.3) is 0 Å². The van der Waals surface area contributed by atoms with Crippen LogP contribution >= 0.6 is 0 Å². The van der Waals surface area contributed by atoms with Crippen molar-refractivity contribution in [1.82, 2.24) is 5.06 Å². The van der Waals surface area contributed by atoms with E-state index in [1.165, 1.54) is 19.3 Å². The molecule has 0 aliphatic carbocycles. The predicted octanol–water partition coefficient (Wildman–Crippen LogP) is 4.61. The largest absolute Gasteiger partial charge is 0.462 e. The average Bonchev–Trinajstić information content (AvgIpc) is 2.43. The summed E-state index contributed by atoms with van der Waals surface area (Å²) >= 11 is 0. The van der Waals surface area contributed by atoms with E-state index < -0.39 is 5.60 Å². The first-order chi connectivity index (χ1) is 11.9. The van der Waals surface area contributed by atoms with Crippen LogP contribution in [0.1, 0.15) is 99.8 Å². The van der Waals surface area contributed by atoms with E-state index in [0.29, 0.717) is 6.42 Å². The lowest BCUT2D eigenvalue weighted by molar-refractivity contribution is -0.306. The van der Waals surface area contributed by atoms with Gasteiger partial charge in [0.05, 0.1) is 12.2 Å². The van der Waals surface area contributed by atoms with Crippen molar-refractivity contribution in [3.63, 3.8) is 0 Å². The van der Waals surface area contributed by atoms with E-state index >= 15 is 0 Å². The van der Waals surface area contributed by atoms with Gasteiger partial charge in [-0.15, -0.1) is 0 Å². The molecule has 1 fully saturated rings. The van der Waals surface area contributed by atoms with Crippen LogP contribution in [0.5, 0.6) is 0 Å². The first-order valence-corrected chi connectivity index (χ1v) is 10.2. The Morgan fingerprint density at radius 1 is 1.08 bits per heavy atom. The molecule has 0 amide bonds. The number of aliphatic hydroxyl groups is 1. The van der Waals surface area contributed by atoms with Crippen molar-refractivity contribution in [2.75, 3.05) is 6.61 Å². The Hall–Kier alpha value is -0.650. The van der Waals surface area contributed by atoms with Gasteiger partial charge in [0.15, 0.2) is 0 Å². The number of nitrogens with zero attached hydrogens (tertiary/aromatic N) is 1. The van der Waals surface area contributed by atoms with Gasteiger partial charge in [0, 0.05) is 30.3 Å². The summed E-state index contributed by atoms with van der Waals surface area (Å²) in [5.74, 6) is -0.0797. The van der Waals surface area contributed by atoms with Gasteiger partial charge < -0.3 is 9.84 Å². The van der Waals surface area contributed by atoms with Gasteiger partial charge in [-0.05, 0) is 48.0 Å². The molecular formula is C21H41NO4. The monoisotopic (exact) mass is 371 g/mol. The summed E-state index contributed by atoms with van der Waals surface area (Å²) in [4.78, 5) is 18.2. The number of unbranched alkanes of at least 4 members (excludes halogenated alkanes) is 4. The van der Waals surface area contributed by atoms with E-state index in [0.717, 1.165) is 25.7 Å². The van der Waals surface area contributed by atoms with Crippen LogP contribution in [0.4, 0.5) is 0 Å². The highest BCUT2D eigenvalue weighted by atomic mass is 16.7. The highest BCUT2D eigenvalue weighted by Gasteiger charge is 2.48. The zero-order valence-corrected chi connectivity index (χ0v) is 18.1. The molecule has 1 rings (SSSR count). The Morgan fingerprint density at radius 2 is 1.62 bits per heavy atom. The molecule has 0 aromatic heterocycles. The van der Waals surface area contributed by atoms with Gasteiger partial charge in [-0.3, -0.25) is 9.63 Å². The summed E-state index contributed by atoms with van der Waals surface area (Å²) in [6.45, 7) is 14.3. The molecule has 1 saturated heterocycles. The molecule has 1 aliphatic rings. The maximum atomic E-state index is 12.2. The Kier molecular flexibility index (Phi) is 8.56.